The number of hydrogen-bond acceptors (Lipinski definition) is 8. The van der Waals surface area contributed by atoms with Gasteiger partial charge in [0.2, 0.25) is 5.91 Å². The first kappa shape index (κ1) is 28.0. The van der Waals surface area contributed by atoms with Gasteiger partial charge in [-0.3, -0.25) is 14.6 Å². The number of aromatic nitrogens is 1. The average Bonchev–Trinajstić information content (AvgIpc) is 2.90. The number of carbonyl (C=O) groups excluding carboxylic acids is 3. The highest BCUT2D eigenvalue weighted by Crippen LogP contribution is 2.29. The van der Waals surface area contributed by atoms with Crippen LogP contribution in [0.25, 0.3) is 0 Å². The molecule has 1 aromatic carbocycles. The van der Waals surface area contributed by atoms with Crippen LogP contribution in [-0.2, 0) is 16.1 Å². The fourth-order valence-electron chi connectivity index (χ4n) is 4.74. The number of nitrogens with zero attached hydrogens (tertiary/aromatic N) is 5. The lowest BCUT2D eigenvalue weighted by Crippen LogP contribution is -2.54. The zero-order valence-electron chi connectivity index (χ0n) is 23.5. The van der Waals surface area contributed by atoms with E-state index in [1.807, 2.05) is 39.8 Å². The Balaban J connectivity index is 1.43. The second kappa shape index (κ2) is 11.4. The van der Waals surface area contributed by atoms with E-state index in [9.17, 15) is 14.4 Å². The molecule has 1 atom stereocenters. The molecule has 0 saturated carbocycles. The average molecular weight is 540 g/mol. The summed E-state index contributed by atoms with van der Waals surface area (Å²) in [6, 6.07) is 8.63. The summed E-state index contributed by atoms with van der Waals surface area (Å²) in [7, 11) is 3.10. The molecule has 0 bridgehead atoms. The van der Waals surface area contributed by atoms with Crippen molar-refractivity contribution in [3.05, 3.63) is 42.1 Å². The van der Waals surface area contributed by atoms with Crippen molar-refractivity contribution in [1.82, 2.24) is 14.8 Å². The Hall–Kier alpha value is -4.02. The van der Waals surface area contributed by atoms with E-state index in [1.54, 1.807) is 41.3 Å². The summed E-state index contributed by atoms with van der Waals surface area (Å²) in [5.74, 6) is 1.69. The van der Waals surface area contributed by atoms with Gasteiger partial charge in [-0.05, 0) is 52.0 Å². The van der Waals surface area contributed by atoms with Crippen molar-refractivity contribution >= 4 is 29.5 Å². The quantitative estimate of drug-likeness (QED) is 0.544. The molecule has 3 heterocycles. The minimum Gasteiger partial charge on any atom is -0.497 e. The summed E-state index contributed by atoms with van der Waals surface area (Å²) in [5, 5.41) is 0. The van der Waals surface area contributed by atoms with Crippen molar-refractivity contribution in [2.24, 2.45) is 0 Å². The Labute approximate surface area is 229 Å². The first-order valence-electron chi connectivity index (χ1n) is 13.0. The Bertz CT molecular complexity index is 1210. The molecule has 2 aliphatic heterocycles. The predicted octanol–water partition coefficient (Wildman–Crippen LogP) is 3.90. The summed E-state index contributed by atoms with van der Waals surface area (Å²) < 4.78 is 16.2. The van der Waals surface area contributed by atoms with E-state index >= 15 is 0 Å². The lowest BCUT2D eigenvalue weighted by atomic mass is 10.1. The van der Waals surface area contributed by atoms with Gasteiger partial charge in [0.15, 0.2) is 0 Å². The molecule has 2 saturated heterocycles. The third-order valence-electron chi connectivity index (χ3n) is 6.75. The van der Waals surface area contributed by atoms with E-state index < -0.39 is 11.6 Å². The third kappa shape index (κ3) is 6.35. The molecular weight excluding hydrogens is 502 g/mol. The summed E-state index contributed by atoms with van der Waals surface area (Å²) in [6.07, 6.45) is 1.55. The summed E-state index contributed by atoms with van der Waals surface area (Å²) in [6.45, 7) is 9.63. The number of imide groups is 1. The van der Waals surface area contributed by atoms with Gasteiger partial charge in [-0.1, -0.05) is 0 Å². The van der Waals surface area contributed by atoms with E-state index in [2.05, 4.69) is 9.88 Å². The molecule has 0 radical (unpaired) electrons. The number of urea groups is 1. The van der Waals surface area contributed by atoms with Crippen LogP contribution in [0.5, 0.6) is 11.5 Å². The molecule has 0 unspecified atom stereocenters. The molecule has 0 spiro atoms. The van der Waals surface area contributed by atoms with E-state index in [0.29, 0.717) is 42.4 Å². The lowest BCUT2D eigenvalue weighted by Gasteiger charge is -2.41. The van der Waals surface area contributed by atoms with E-state index in [-0.39, 0.29) is 37.6 Å². The van der Waals surface area contributed by atoms with E-state index in [4.69, 9.17) is 14.2 Å². The number of pyridine rings is 1. The number of anilines is 2. The minimum absolute atomic E-state index is 0.0360. The largest absolute Gasteiger partial charge is 0.497 e. The normalized spacial score (nSPS) is 18.4. The van der Waals surface area contributed by atoms with Gasteiger partial charge < -0.3 is 24.0 Å². The van der Waals surface area contributed by atoms with Gasteiger partial charge in [-0.15, -0.1) is 0 Å². The first-order valence-corrected chi connectivity index (χ1v) is 13.0. The maximum atomic E-state index is 13.4. The number of amides is 4. The van der Waals surface area contributed by atoms with Gasteiger partial charge in [0.05, 0.1) is 32.6 Å². The second-order valence-corrected chi connectivity index (χ2v) is 10.7. The highest BCUT2D eigenvalue weighted by atomic mass is 16.6. The van der Waals surface area contributed by atoms with Gasteiger partial charge >= 0.3 is 12.1 Å². The molecule has 11 heteroatoms. The van der Waals surface area contributed by atoms with Crippen LogP contribution in [0.4, 0.5) is 21.1 Å². The van der Waals surface area contributed by atoms with Crippen molar-refractivity contribution in [3.63, 3.8) is 0 Å². The zero-order valence-corrected chi connectivity index (χ0v) is 23.5. The highest BCUT2D eigenvalue weighted by molar-refractivity contribution is 6.05. The minimum atomic E-state index is -0.540. The van der Waals surface area contributed by atoms with Crippen LogP contribution in [0.15, 0.2) is 36.5 Å². The van der Waals surface area contributed by atoms with Crippen LogP contribution in [0.1, 0.15) is 39.7 Å². The fourth-order valence-corrected chi connectivity index (χ4v) is 4.74. The van der Waals surface area contributed by atoms with Gasteiger partial charge in [-0.25, -0.2) is 14.6 Å². The van der Waals surface area contributed by atoms with E-state index in [1.165, 1.54) is 12.0 Å². The fraction of sp³-hybridized carbons (Fsp3) is 0.500. The number of benzene rings is 1. The molecule has 4 amide bonds. The number of carbonyl (C=O) groups is 3. The Morgan fingerprint density at radius 1 is 1.05 bits per heavy atom. The molecule has 0 N–H and O–H groups in total. The third-order valence-corrected chi connectivity index (χ3v) is 6.75. The van der Waals surface area contributed by atoms with Crippen LogP contribution >= 0.6 is 0 Å². The van der Waals surface area contributed by atoms with Crippen LogP contribution < -0.4 is 19.3 Å². The molecule has 2 fully saturated rings. The molecule has 0 aliphatic carbocycles. The van der Waals surface area contributed by atoms with Crippen molar-refractivity contribution < 1.29 is 28.6 Å². The lowest BCUT2D eigenvalue weighted by molar-refractivity contribution is -0.129. The molecule has 11 nitrogen and oxygen atoms in total. The van der Waals surface area contributed by atoms with Crippen LogP contribution in [0.3, 0.4) is 0 Å². The SMILES string of the molecule is COc1ccc(CN2C(=O)CCN(c3ccc(N4CCN(C(=O)OC(C)(C)C)C[C@H]4C)nc3)C2=O)c(OC)c1. The van der Waals surface area contributed by atoms with Gasteiger partial charge in [-0.2, -0.15) is 0 Å². The molecule has 2 aliphatic rings. The Morgan fingerprint density at radius 3 is 2.44 bits per heavy atom. The monoisotopic (exact) mass is 539 g/mol. The Morgan fingerprint density at radius 2 is 1.82 bits per heavy atom. The van der Waals surface area contributed by atoms with E-state index in [0.717, 1.165) is 5.82 Å². The van der Waals surface area contributed by atoms with Crippen LogP contribution in [0, 0.1) is 0 Å². The molecule has 4 rings (SSSR count). The molecule has 1 aromatic heterocycles. The number of hydrogen-bond donors (Lipinski definition) is 0. The highest BCUT2D eigenvalue weighted by Gasteiger charge is 2.34. The van der Waals surface area contributed by atoms with Crippen LogP contribution in [0.2, 0.25) is 0 Å². The number of rotatable bonds is 6. The van der Waals surface area contributed by atoms with Crippen molar-refractivity contribution in [3.8, 4) is 11.5 Å². The zero-order chi connectivity index (χ0) is 28.3. The number of piperazine rings is 1. The molecule has 39 heavy (non-hydrogen) atoms. The maximum Gasteiger partial charge on any atom is 0.410 e. The summed E-state index contributed by atoms with van der Waals surface area (Å²) in [4.78, 5) is 49.8. The Kier molecular flexibility index (Phi) is 8.17. The van der Waals surface area contributed by atoms with Gasteiger partial charge in [0, 0.05) is 50.3 Å². The topological polar surface area (TPSA) is 105 Å². The van der Waals surface area contributed by atoms with Gasteiger partial charge in [0.25, 0.3) is 0 Å². The second-order valence-electron chi connectivity index (χ2n) is 10.7. The number of methoxy groups -OCH3 is 2. The summed E-state index contributed by atoms with van der Waals surface area (Å²) >= 11 is 0. The molecule has 210 valence electrons. The first-order chi connectivity index (χ1) is 18.5. The standard InChI is InChI=1S/C28H37N5O6/c1-19-17-30(27(36)39-28(2,3)4)13-14-31(19)24-10-8-21(16-29-24)32-12-11-25(34)33(26(32)35)18-20-7-9-22(37-5)15-23(20)38-6/h7-10,15-16,19H,11-14,17-18H2,1-6H3/t19-/m1/s1. The number of ether oxygens (including phenoxy) is 3. The van der Waals surface area contributed by atoms with Crippen LogP contribution in [-0.4, -0.2) is 84.9 Å². The van der Waals surface area contributed by atoms with Gasteiger partial charge in [0.1, 0.15) is 22.9 Å². The van der Waals surface area contributed by atoms with Crippen molar-refractivity contribution in [2.75, 3.05) is 50.2 Å². The predicted molar refractivity (Wildman–Crippen MR) is 146 cm³/mol. The molecular formula is C28H37N5O6. The summed E-state index contributed by atoms with van der Waals surface area (Å²) in [5.41, 5.74) is 0.777. The smallest absolute Gasteiger partial charge is 0.410 e. The maximum absolute atomic E-state index is 13.4. The van der Waals surface area contributed by atoms with Crippen molar-refractivity contribution in [1.29, 1.82) is 0 Å². The van der Waals surface area contributed by atoms with Crippen molar-refractivity contribution in [2.45, 2.75) is 52.3 Å². The molecule has 2 aromatic rings.